The van der Waals surface area contributed by atoms with Crippen molar-refractivity contribution in [1.29, 1.82) is 0 Å². The molecule has 0 fully saturated rings. The van der Waals surface area contributed by atoms with Crippen LogP contribution in [0, 0.1) is 0 Å². The van der Waals surface area contributed by atoms with Crippen molar-refractivity contribution in [2.45, 2.75) is 19.5 Å². The molecular weight excluding hydrogens is 322 g/mol. The van der Waals surface area contributed by atoms with Crippen molar-refractivity contribution in [1.82, 2.24) is 5.32 Å². The van der Waals surface area contributed by atoms with Gasteiger partial charge in [0.05, 0.1) is 0 Å². The van der Waals surface area contributed by atoms with Gasteiger partial charge < -0.3 is 20.6 Å². The lowest BCUT2D eigenvalue weighted by Gasteiger charge is -2.15. The van der Waals surface area contributed by atoms with E-state index in [1.165, 1.54) is 6.07 Å². The number of phenolic OH excluding ortho intramolecular Hbond substituents is 3. The van der Waals surface area contributed by atoms with E-state index in [0.717, 1.165) is 10.0 Å². The fourth-order valence-corrected chi connectivity index (χ4v) is 2.33. The van der Waals surface area contributed by atoms with Crippen molar-refractivity contribution in [2.24, 2.45) is 0 Å². The molecule has 0 aliphatic rings. The molecule has 106 valence electrons. The molecule has 4 nitrogen and oxygen atoms in total. The summed E-state index contributed by atoms with van der Waals surface area (Å²) in [5.74, 6) is -1.11. The van der Waals surface area contributed by atoms with Crippen LogP contribution in [0.25, 0.3) is 0 Å². The van der Waals surface area contributed by atoms with Gasteiger partial charge in [0.25, 0.3) is 0 Å². The number of halogens is 1. The fraction of sp³-hybridized carbons (Fsp3) is 0.200. The lowest BCUT2D eigenvalue weighted by atomic mass is 10.1. The van der Waals surface area contributed by atoms with Crippen LogP contribution in [-0.2, 0) is 6.54 Å². The van der Waals surface area contributed by atoms with Gasteiger partial charge in [-0.25, -0.2) is 0 Å². The maximum Gasteiger partial charge on any atom is 0.200 e. The molecule has 0 unspecified atom stereocenters. The first kappa shape index (κ1) is 14.7. The number of rotatable bonds is 4. The largest absolute Gasteiger partial charge is 0.504 e. The molecule has 0 saturated carbocycles. The minimum Gasteiger partial charge on any atom is -0.504 e. The Kier molecular flexibility index (Phi) is 4.52. The van der Waals surface area contributed by atoms with E-state index in [1.54, 1.807) is 6.07 Å². The molecule has 2 aromatic carbocycles. The smallest absolute Gasteiger partial charge is 0.200 e. The maximum atomic E-state index is 9.75. The first-order valence-electron chi connectivity index (χ1n) is 6.20. The number of aromatic hydroxyl groups is 3. The minimum absolute atomic E-state index is 0.0860. The summed E-state index contributed by atoms with van der Waals surface area (Å²) < 4.78 is 1.01. The van der Waals surface area contributed by atoms with E-state index < -0.39 is 5.75 Å². The van der Waals surface area contributed by atoms with E-state index in [9.17, 15) is 15.3 Å². The second-order valence-electron chi connectivity index (χ2n) is 4.60. The predicted molar refractivity (Wildman–Crippen MR) is 80.8 cm³/mol. The van der Waals surface area contributed by atoms with Gasteiger partial charge in [0, 0.05) is 22.6 Å². The van der Waals surface area contributed by atoms with Crippen LogP contribution in [0.15, 0.2) is 40.9 Å². The number of hydrogen-bond acceptors (Lipinski definition) is 4. The Morgan fingerprint density at radius 3 is 2.55 bits per heavy atom. The van der Waals surface area contributed by atoms with Crippen LogP contribution in [0.3, 0.4) is 0 Å². The molecule has 2 rings (SSSR count). The van der Waals surface area contributed by atoms with Gasteiger partial charge in [0.15, 0.2) is 11.5 Å². The molecule has 2 aromatic rings. The summed E-state index contributed by atoms with van der Waals surface area (Å²) in [6.07, 6.45) is 0. The first-order valence-corrected chi connectivity index (χ1v) is 7.00. The van der Waals surface area contributed by atoms with Crippen LogP contribution in [0.1, 0.15) is 24.1 Å². The van der Waals surface area contributed by atoms with Crippen molar-refractivity contribution in [3.63, 3.8) is 0 Å². The lowest BCUT2D eigenvalue weighted by molar-refractivity contribution is 0.363. The molecule has 0 spiro atoms. The maximum absolute atomic E-state index is 9.75. The highest BCUT2D eigenvalue weighted by Gasteiger charge is 2.12. The average Bonchev–Trinajstić information content (AvgIpc) is 2.44. The minimum atomic E-state index is -0.487. The summed E-state index contributed by atoms with van der Waals surface area (Å²) in [5.41, 5.74) is 1.64. The predicted octanol–water partition coefficient (Wildman–Crippen LogP) is 3.42. The Balaban J connectivity index is 2.07. The Hall–Kier alpha value is -1.72. The van der Waals surface area contributed by atoms with Crippen molar-refractivity contribution in [3.05, 3.63) is 52.0 Å². The van der Waals surface area contributed by atoms with Gasteiger partial charge in [-0.1, -0.05) is 34.1 Å². The van der Waals surface area contributed by atoms with E-state index in [2.05, 4.69) is 21.2 Å². The zero-order valence-electron chi connectivity index (χ0n) is 11.0. The summed E-state index contributed by atoms with van der Waals surface area (Å²) in [4.78, 5) is 0. The third kappa shape index (κ3) is 3.23. The first-order chi connectivity index (χ1) is 9.49. The highest BCUT2D eigenvalue weighted by atomic mass is 79.9. The van der Waals surface area contributed by atoms with E-state index in [0.29, 0.717) is 12.1 Å². The van der Waals surface area contributed by atoms with Crippen LogP contribution in [0.2, 0.25) is 0 Å². The molecule has 0 aliphatic carbocycles. The molecule has 0 heterocycles. The van der Waals surface area contributed by atoms with Gasteiger partial charge in [0.1, 0.15) is 0 Å². The van der Waals surface area contributed by atoms with E-state index >= 15 is 0 Å². The van der Waals surface area contributed by atoms with Crippen LogP contribution in [0.4, 0.5) is 0 Å². The van der Waals surface area contributed by atoms with Crippen LogP contribution in [-0.4, -0.2) is 15.3 Å². The third-order valence-electron chi connectivity index (χ3n) is 3.16. The van der Waals surface area contributed by atoms with E-state index in [-0.39, 0.29) is 17.5 Å². The zero-order valence-corrected chi connectivity index (χ0v) is 12.6. The normalized spacial score (nSPS) is 12.3. The molecule has 0 amide bonds. The highest BCUT2D eigenvalue weighted by Crippen LogP contribution is 2.37. The SMILES string of the molecule is C[C@@H](NCc1ccc(O)c(O)c1O)c1cccc(Br)c1. The lowest BCUT2D eigenvalue weighted by Crippen LogP contribution is -2.18. The number of phenols is 3. The van der Waals surface area contributed by atoms with Crippen molar-refractivity contribution < 1.29 is 15.3 Å². The molecule has 0 aliphatic heterocycles. The standard InChI is InChI=1S/C15H16BrNO3/c1-9(10-3-2-4-12(16)7-10)17-8-11-5-6-13(18)15(20)14(11)19/h2-7,9,17-20H,8H2,1H3/t9-/m1/s1. The second kappa shape index (κ2) is 6.15. The molecule has 0 radical (unpaired) electrons. The fourth-order valence-electron chi connectivity index (χ4n) is 1.91. The number of nitrogens with one attached hydrogen (secondary N) is 1. The average molecular weight is 338 g/mol. The van der Waals surface area contributed by atoms with Gasteiger partial charge >= 0.3 is 0 Å². The zero-order chi connectivity index (χ0) is 14.7. The molecule has 5 heteroatoms. The Bertz CT molecular complexity index is 616. The Morgan fingerprint density at radius 1 is 1.10 bits per heavy atom. The van der Waals surface area contributed by atoms with Crippen molar-refractivity contribution >= 4 is 15.9 Å². The number of benzene rings is 2. The van der Waals surface area contributed by atoms with Crippen LogP contribution < -0.4 is 5.32 Å². The van der Waals surface area contributed by atoms with Gasteiger partial charge in [-0.15, -0.1) is 0 Å². The van der Waals surface area contributed by atoms with Gasteiger partial charge in [0.2, 0.25) is 5.75 Å². The van der Waals surface area contributed by atoms with Gasteiger partial charge in [-0.3, -0.25) is 0 Å². The van der Waals surface area contributed by atoms with E-state index in [4.69, 9.17) is 0 Å². The molecular formula is C15H16BrNO3. The Morgan fingerprint density at radius 2 is 1.85 bits per heavy atom. The van der Waals surface area contributed by atoms with Crippen molar-refractivity contribution in [2.75, 3.05) is 0 Å². The van der Waals surface area contributed by atoms with E-state index in [1.807, 2.05) is 31.2 Å². The third-order valence-corrected chi connectivity index (χ3v) is 3.65. The summed E-state index contributed by atoms with van der Waals surface area (Å²) in [6, 6.07) is 11.0. The monoisotopic (exact) mass is 337 g/mol. The molecule has 0 aromatic heterocycles. The van der Waals surface area contributed by atoms with Gasteiger partial charge in [-0.2, -0.15) is 0 Å². The van der Waals surface area contributed by atoms with Crippen LogP contribution >= 0.6 is 15.9 Å². The summed E-state index contributed by atoms with van der Waals surface area (Å²) in [7, 11) is 0. The quantitative estimate of drug-likeness (QED) is 0.645. The summed E-state index contributed by atoms with van der Waals surface area (Å²) >= 11 is 3.43. The number of hydrogen-bond donors (Lipinski definition) is 4. The molecule has 0 saturated heterocycles. The molecule has 20 heavy (non-hydrogen) atoms. The topological polar surface area (TPSA) is 72.7 Å². The highest BCUT2D eigenvalue weighted by molar-refractivity contribution is 9.10. The summed E-state index contributed by atoms with van der Waals surface area (Å²) in [5, 5.41) is 31.8. The molecule has 1 atom stereocenters. The van der Waals surface area contributed by atoms with Crippen molar-refractivity contribution in [3.8, 4) is 17.2 Å². The van der Waals surface area contributed by atoms with Crippen LogP contribution in [0.5, 0.6) is 17.2 Å². The molecule has 0 bridgehead atoms. The summed E-state index contributed by atoms with van der Waals surface area (Å²) in [6.45, 7) is 2.40. The molecule has 4 N–H and O–H groups in total. The Labute approximate surface area is 125 Å². The van der Waals surface area contributed by atoms with Gasteiger partial charge in [-0.05, 0) is 30.7 Å². The second-order valence-corrected chi connectivity index (χ2v) is 5.51.